The van der Waals surface area contributed by atoms with Gasteiger partial charge in [-0.1, -0.05) is 34.1 Å². The van der Waals surface area contributed by atoms with Gasteiger partial charge in [-0.3, -0.25) is 4.90 Å². The molecule has 0 amide bonds. The summed E-state index contributed by atoms with van der Waals surface area (Å²) in [5.74, 6) is 0. The molecule has 1 unspecified atom stereocenters. The van der Waals surface area contributed by atoms with E-state index in [2.05, 4.69) is 15.9 Å². The Hall–Kier alpha value is -0.550. The van der Waals surface area contributed by atoms with Gasteiger partial charge in [0, 0.05) is 17.9 Å². The zero-order chi connectivity index (χ0) is 13.1. The van der Waals surface area contributed by atoms with Crippen molar-refractivity contribution in [1.29, 1.82) is 0 Å². The molecule has 1 aromatic rings. The topological polar surface area (TPSA) is 3.24 Å². The number of halogens is 4. The molecule has 0 aromatic heterocycles. The highest BCUT2D eigenvalue weighted by Crippen LogP contribution is 2.29. The van der Waals surface area contributed by atoms with E-state index in [0.717, 1.165) is 11.4 Å². The minimum Gasteiger partial charge on any atom is -0.299 e. The second-order valence-corrected chi connectivity index (χ2v) is 4.76. The predicted molar refractivity (Wildman–Crippen MR) is 66.2 cm³/mol. The van der Waals surface area contributed by atoms with E-state index < -0.39 is 11.7 Å². The van der Waals surface area contributed by atoms with E-state index in [0.29, 0.717) is 12.1 Å². The van der Waals surface area contributed by atoms with Crippen LogP contribution in [0.3, 0.4) is 0 Å². The van der Waals surface area contributed by atoms with Crippen molar-refractivity contribution in [2.75, 3.05) is 12.4 Å². The minimum atomic E-state index is -4.27. The van der Waals surface area contributed by atoms with Gasteiger partial charge in [0.25, 0.3) is 0 Å². The summed E-state index contributed by atoms with van der Waals surface area (Å²) in [4.78, 5) is 2.00. The number of nitrogens with zero attached hydrogens (tertiary/aromatic N) is 1. The highest BCUT2D eigenvalue weighted by molar-refractivity contribution is 9.09. The average Bonchev–Trinajstić information content (AvgIpc) is 2.27. The van der Waals surface area contributed by atoms with Crippen molar-refractivity contribution in [2.45, 2.75) is 25.7 Å². The van der Waals surface area contributed by atoms with Crippen LogP contribution < -0.4 is 0 Å². The van der Waals surface area contributed by atoms with Crippen LogP contribution in [0.5, 0.6) is 0 Å². The van der Waals surface area contributed by atoms with Gasteiger partial charge < -0.3 is 0 Å². The van der Waals surface area contributed by atoms with Crippen molar-refractivity contribution >= 4 is 15.9 Å². The lowest BCUT2D eigenvalue weighted by Crippen LogP contribution is -2.29. The summed E-state index contributed by atoms with van der Waals surface area (Å²) in [6.07, 6.45) is -4.27. The van der Waals surface area contributed by atoms with Crippen LogP contribution >= 0.6 is 15.9 Å². The number of hydrogen-bond donors (Lipinski definition) is 0. The second kappa shape index (κ2) is 5.87. The van der Waals surface area contributed by atoms with Gasteiger partial charge in [-0.25, -0.2) is 0 Å². The number of rotatable bonds is 4. The van der Waals surface area contributed by atoms with Crippen LogP contribution in [-0.4, -0.2) is 23.3 Å². The van der Waals surface area contributed by atoms with Crippen LogP contribution in [0.4, 0.5) is 13.2 Å². The zero-order valence-corrected chi connectivity index (χ0v) is 11.3. The number of alkyl halides is 4. The van der Waals surface area contributed by atoms with Crippen molar-refractivity contribution in [2.24, 2.45) is 0 Å². The smallest absolute Gasteiger partial charge is 0.299 e. The van der Waals surface area contributed by atoms with Crippen LogP contribution in [0.15, 0.2) is 24.3 Å². The van der Waals surface area contributed by atoms with E-state index in [-0.39, 0.29) is 6.04 Å². The molecule has 1 atom stereocenters. The first kappa shape index (κ1) is 14.5. The summed E-state index contributed by atoms with van der Waals surface area (Å²) in [6.45, 7) is 2.53. The molecule has 0 heterocycles. The van der Waals surface area contributed by atoms with Crippen molar-refractivity contribution in [1.82, 2.24) is 4.90 Å². The number of hydrogen-bond acceptors (Lipinski definition) is 1. The molecule has 5 heteroatoms. The van der Waals surface area contributed by atoms with Gasteiger partial charge in [0.05, 0.1) is 5.56 Å². The first-order chi connectivity index (χ1) is 7.84. The van der Waals surface area contributed by atoms with Gasteiger partial charge in [0.1, 0.15) is 0 Å². The molecule has 0 spiro atoms. The molecular formula is C12H15BrF3N. The van der Waals surface area contributed by atoms with E-state index in [4.69, 9.17) is 0 Å². The molecule has 1 aromatic carbocycles. The molecule has 1 nitrogen and oxygen atoms in total. The van der Waals surface area contributed by atoms with E-state index in [1.807, 2.05) is 18.9 Å². The fourth-order valence-corrected chi connectivity index (χ4v) is 1.90. The van der Waals surface area contributed by atoms with Crippen LogP contribution in [0.25, 0.3) is 0 Å². The van der Waals surface area contributed by atoms with E-state index >= 15 is 0 Å². The predicted octanol–water partition coefficient (Wildman–Crippen LogP) is 3.92. The molecule has 0 saturated carbocycles. The lowest BCUT2D eigenvalue weighted by Gasteiger charge is -2.23. The van der Waals surface area contributed by atoms with Gasteiger partial charge in [-0.2, -0.15) is 13.2 Å². The van der Waals surface area contributed by atoms with Crippen LogP contribution in [0.1, 0.15) is 18.1 Å². The Balaban J connectivity index is 2.79. The summed E-state index contributed by atoms with van der Waals surface area (Å²) < 4.78 is 37.5. The third-order valence-corrected chi connectivity index (χ3v) is 3.60. The molecule has 0 radical (unpaired) electrons. The molecule has 0 saturated heterocycles. The van der Waals surface area contributed by atoms with Crippen molar-refractivity contribution in [3.05, 3.63) is 35.4 Å². The van der Waals surface area contributed by atoms with Gasteiger partial charge >= 0.3 is 6.18 Å². The van der Waals surface area contributed by atoms with E-state index in [1.165, 1.54) is 12.1 Å². The van der Waals surface area contributed by atoms with Gasteiger partial charge in [-0.05, 0) is 25.6 Å². The SMILES string of the molecule is CC(CBr)N(C)Cc1cccc(C(F)(F)F)c1. The molecule has 96 valence electrons. The maximum absolute atomic E-state index is 12.5. The molecule has 0 aliphatic carbocycles. The third-order valence-electron chi connectivity index (χ3n) is 2.66. The minimum absolute atomic E-state index is 0.282. The van der Waals surface area contributed by atoms with Gasteiger partial charge in [0.15, 0.2) is 0 Å². The second-order valence-electron chi connectivity index (χ2n) is 4.12. The molecule has 17 heavy (non-hydrogen) atoms. The van der Waals surface area contributed by atoms with Crippen LogP contribution in [0.2, 0.25) is 0 Å². The average molecular weight is 310 g/mol. The monoisotopic (exact) mass is 309 g/mol. The van der Waals surface area contributed by atoms with Crippen molar-refractivity contribution in [3.63, 3.8) is 0 Å². The summed E-state index contributed by atoms with van der Waals surface area (Å²) in [7, 11) is 1.90. The fraction of sp³-hybridized carbons (Fsp3) is 0.500. The molecule has 0 N–H and O–H groups in total. The van der Waals surface area contributed by atoms with E-state index in [9.17, 15) is 13.2 Å². The Labute approximate surface area is 108 Å². The quantitative estimate of drug-likeness (QED) is 0.762. The Morgan fingerprint density at radius 3 is 2.53 bits per heavy atom. The summed E-state index contributed by atoms with van der Waals surface area (Å²) in [5, 5.41) is 0.794. The standard InChI is InChI=1S/C12H15BrF3N/c1-9(7-13)17(2)8-10-4-3-5-11(6-10)12(14,15)16/h3-6,9H,7-8H2,1-2H3. The van der Waals surface area contributed by atoms with Crippen molar-refractivity contribution < 1.29 is 13.2 Å². The first-order valence-corrected chi connectivity index (χ1v) is 6.39. The molecule has 0 aliphatic rings. The molecular weight excluding hydrogens is 295 g/mol. The van der Waals surface area contributed by atoms with Gasteiger partial charge in [-0.15, -0.1) is 0 Å². The Kier molecular flexibility index (Phi) is 5.01. The summed E-state index contributed by atoms with van der Waals surface area (Å²) in [6, 6.07) is 5.75. The normalized spacial score (nSPS) is 14.1. The van der Waals surface area contributed by atoms with Gasteiger partial charge in [0.2, 0.25) is 0 Å². The van der Waals surface area contributed by atoms with E-state index in [1.54, 1.807) is 6.07 Å². The highest BCUT2D eigenvalue weighted by atomic mass is 79.9. The lowest BCUT2D eigenvalue weighted by molar-refractivity contribution is -0.137. The Bertz CT molecular complexity index is 365. The molecule has 0 aliphatic heterocycles. The maximum atomic E-state index is 12.5. The largest absolute Gasteiger partial charge is 0.416 e. The highest BCUT2D eigenvalue weighted by Gasteiger charge is 2.30. The number of benzene rings is 1. The lowest BCUT2D eigenvalue weighted by atomic mass is 10.1. The van der Waals surface area contributed by atoms with Crippen LogP contribution in [0, 0.1) is 0 Å². The molecule has 0 bridgehead atoms. The fourth-order valence-electron chi connectivity index (χ4n) is 1.41. The third kappa shape index (κ3) is 4.32. The first-order valence-electron chi connectivity index (χ1n) is 5.27. The maximum Gasteiger partial charge on any atom is 0.416 e. The van der Waals surface area contributed by atoms with Crippen LogP contribution in [-0.2, 0) is 12.7 Å². The Morgan fingerprint density at radius 2 is 2.00 bits per heavy atom. The summed E-state index contributed by atoms with van der Waals surface area (Å²) in [5.41, 5.74) is 0.0880. The zero-order valence-electron chi connectivity index (χ0n) is 9.76. The molecule has 0 fully saturated rings. The van der Waals surface area contributed by atoms with Crippen molar-refractivity contribution in [3.8, 4) is 0 Å². The summed E-state index contributed by atoms with van der Waals surface area (Å²) >= 11 is 3.35. The Morgan fingerprint density at radius 1 is 1.35 bits per heavy atom. The molecule has 1 rings (SSSR count).